The van der Waals surface area contributed by atoms with Crippen molar-refractivity contribution >= 4 is 44.4 Å². The highest BCUT2D eigenvalue weighted by atomic mass is 32.2. The van der Waals surface area contributed by atoms with Gasteiger partial charge in [0.15, 0.2) is 10.9 Å². The van der Waals surface area contributed by atoms with Crippen molar-refractivity contribution in [3.05, 3.63) is 95.6 Å². The quantitative estimate of drug-likeness (QED) is 0.351. The molecule has 1 heterocycles. The third-order valence-corrected chi connectivity index (χ3v) is 6.47. The predicted molar refractivity (Wildman–Crippen MR) is 120 cm³/mol. The smallest absolute Gasteiger partial charge is 0.239 e. The molecule has 0 saturated heterocycles. The van der Waals surface area contributed by atoms with Crippen LogP contribution in [0.5, 0.6) is 0 Å². The Balaban J connectivity index is 1.57. The number of aromatic nitrogens is 1. The molecule has 7 heteroatoms. The fourth-order valence-electron chi connectivity index (χ4n) is 3.00. The van der Waals surface area contributed by atoms with Crippen LogP contribution >= 0.6 is 23.1 Å². The maximum Gasteiger partial charge on any atom is 0.239 e. The summed E-state index contributed by atoms with van der Waals surface area (Å²) in [4.78, 5) is 18.9. The van der Waals surface area contributed by atoms with Crippen molar-refractivity contribution in [2.45, 2.75) is 12.3 Å². The molecule has 30 heavy (non-hydrogen) atoms. The molecule has 0 atom stereocenters. The lowest BCUT2D eigenvalue weighted by Crippen LogP contribution is -2.31. The van der Waals surface area contributed by atoms with Crippen LogP contribution in [0.1, 0.15) is 11.1 Å². The number of benzene rings is 3. The fourth-order valence-corrected chi connectivity index (χ4v) is 4.88. The van der Waals surface area contributed by atoms with Crippen LogP contribution in [0.4, 0.5) is 13.9 Å². The summed E-state index contributed by atoms with van der Waals surface area (Å²) in [7, 11) is 0. The molecule has 0 radical (unpaired) electrons. The average molecular weight is 441 g/mol. The van der Waals surface area contributed by atoms with Crippen molar-refractivity contribution in [1.29, 1.82) is 0 Å². The zero-order chi connectivity index (χ0) is 20.9. The monoisotopic (exact) mass is 440 g/mol. The van der Waals surface area contributed by atoms with E-state index in [0.717, 1.165) is 28.5 Å². The molecule has 0 aliphatic carbocycles. The maximum absolute atomic E-state index is 14.1. The molecule has 3 nitrogen and oxygen atoms in total. The first-order chi connectivity index (χ1) is 14.6. The molecule has 1 amide bonds. The largest absolute Gasteiger partial charge is 0.283 e. The van der Waals surface area contributed by atoms with Crippen LogP contribution < -0.4 is 4.90 Å². The average Bonchev–Trinajstić information content (AvgIpc) is 3.17. The molecule has 0 bridgehead atoms. The summed E-state index contributed by atoms with van der Waals surface area (Å²) in [5, 5.41) is 0.365. The van der Waals surface area contributed by atoms with Crippen molar-refractivity contribution in [3.63, 3.8) is 0 Å². The number of nitrogens with zero attached hydrogens (tertiary/aromatic N) is 2. The Labute approximate surface area is 181 Å². The SMILES string of the molecule is O=C(CSCc1ccccc1)N(Cc1ccccc1)c1nc2c(F)cc(F)cc2s1. The Morgan fingerprint density at radius 3 is 2.33 bits per heavy atom. The second-order valence-electron chi connectivity index (χ2n) is 6.67. The second-order valence-corrected chi connectivity index (χ2v) is 8.67. The highest BCUT2D eigenvalue weighted by Gasteiger charge is 2.21. The molecule has 4 rings (SSSR count). The van der Waals surface area contributed by atoms with E-state index >= 15 is 0 Å². The van der Waals surface area contributed by atoms with E-state index in [0.29, 0.717) is 22.1 Å². The van der Waals surface area contributed by atoms with Crippen molar-refractivity contribution in [1.82, 2.24) is 4.98 Å². The summed E-state index contributed by atoms with van der Waals surface area (Å²) < 4.78 is 28.1. The normalized spacial score (nSPS) is 11.0. The minimum atomic E-state index is -0.724. The van der Waals surface area contributed by atoms with Gasteiger partial charge in [0.05, 0.1) is 17.0 Å². The number of carbonyl (C=O) groups excluding carboxylic acids is 1. The second kappa shape index (κ2) is 9.36. The molecule has 0 fully saturated rings. The Morgan fingerprint density at radius 1 is 0.967 bits per heavy atom. The molecule has 0 aliphatic rings. The first kappa shape index (κ1) is 20.5. The number of thioether (sulfide) groups is 1. The highest BCUT2D eigenvalue weighted by Crippen LogP contribution is 2.32. The minimum absolute atomic E-state index is 0.0826. The molecular formula is C23H18F2N2OS2. The summed E-state index contributed by atoms with van der Waals surface area (Å²) in [5.74, 6) is -0.535. The van der Waals surface area contributed by atoms with Gasteiger partial charge in [-0.25, -0.2) is 13.8 Å². The van der Waals surface area contributed by atoms with E-state index in [-0.39, 0.29) is 17.2 Å². The summed E-state index contributed by atoms with van der Waals surface area (Å²) >= 11 is 2.63. The van der Waals surface area contributed by atoms with Gasteiger partial charge in [0.1, 0.15) is 11.3 Å². The van der Waals surface area contributed by atoms with Crippen LogP contribution in [0.25, 0.3) is 10.2 Å². The number of thiazole rings is 1. The van der Waals surface area contributed by atoms with Gasteiger partial charge >= 0.3 is 0 Å². The molecule has 152 valence electrons. The molecule has 0 saturated carbocycles. The topological polar surface area (TPSA) is 33.2 Å². The summed E-state index contributed by atoms with van der Waals surface area (Å²) in [6, 6.07) is 21.5. The van der Waals surface area contributed by atoms with Gasteiger partial charge in [-0.3, -0.25) is 9.69 Å². The van der Waals surface area contributed by atoms with E-state index in [9.17, 15) is 13.6 Å². The Hall–Kier alpha value is -2.77. The maximum atomic E-state index is 14.1. The summed E-state index contributed by atoms with van der Waals surface area (Å²) in [6.45, 7) is 0.315. The van der Waals surface area contributed by atoms with Crippen LogP contribution in [0.15, 0.2) is 72.8 Å². The van der Waals surface area contributed by atoms with Crippen LogP contribution in [0, 0.1) is 11.6 Å². The zero-order valence-electron chi connectivity index (χ0n) is 15.9. The van der Waals surface area contributed by atoms with E-state index in [4.69, 9.17) is 0 Å². The number of amides is 1. The van der Waals surface area contributed by atoms with E-state index in [1.165, 1.54) is 17.8 Å². The Kier molecular flexibility index (Phi) is 6.40. The molecule has 0 unspecified atom stereocenters. The summed E-state index contributed by atoms with van der Waals surface area (Å²) in [5.41, 5.74) is 2.16. The first-order valence-corrected chi connectivity index (χ1v) is 11.3. The number of hydrogen-bond acceptors (Lipinski definition) is 4. The molecule has 1 aromatic heterocycles. The molecule has 0 N–H and O–H groups in total. The number of anilines is 1. The first-order valence-electron chi connectivity index (χ1n) is 9.32. The van der Waals surface area contributed by atoms with E-state index in [1.807, 2.05) is 60.7 Å². The molecular weight excluding hydrogens is 422 g/mol. The number of halogens is 2. The zero-order valence-corrected chi connectivity index (χ0v) is 17.6. The van der Waals surface area contributed by atoms with Gasteiger partial charge in [0, 0.05) is 11.8 Å². The van der Waals surface area contributed by atoms with Crippen molar-refractivity contribution in [2.24, 2.45) is 0 Å². The molecule has 4 aromatic rings. The van der Waals surface area contributed by atoms with E-state index in [1.54, 1.807) is 4.90 Å². The fraction of sp³-hybridized carbons (Fsp3) is 0.130. The molecule has 0 aliphatic heterocycles. The van der Waals surface area contributed by atoms with Crippen LogP contribution in [0.3, 0.4) is 0 Å². The van der Waals surface area contributed by atoms with Gasteiger partial charge in [0.2, 0.25) is 5.91 Å². The van der Waals surface area contributed by atoms with Crippen molar-refractivity contribution in [3.8, 4) is 0 Å². The van der Waals surface area contributed by atoms with Gasteiger partial charge < -0.3 is 0 Å². The van der Waals surface area contributed by atoms with Gasteiger partial charge in [-0.1, -0.05) is 72.0 Å². The van der Waals surface area contributed by atoms with Crippen LogP contribution in [-0.4, -0.2) is 16.6 Å². The van der Waals surface area contributed by atoms with Crippen LogP contribution in [-0.2, 0) is 17.1 Å². The number of hydrogen-bond donors (Lipinski definition) is 0. The van der Waals surface area contributed by atoms with Gasteiger partial charge in [-0.2, -0.15) is 0 Å². The lowest BCUT2D eigenvalue weighted by atomic mass is 10.2. The van der Waals surface area contributed by atoms with Crippen LogP contribution in [0.2, 0.25) is 0 Å². The van der Waals surface area contributed by atoms with Crippen molar-refractivity contribution in [2.75, 3.05) is 10.7 Å². The molecule has 0 spiro atoms. The number of carbonyl (C=O) groups is 1. The Bertz CT molecular complexity index is 1150. The number of fused-ring (bicyclic) bond motifs is 1. The lowest BCUT2D eigenvalue weighted by molar-refractivity contribution is -0.116. The van der Waals surface area contributed by atoms with Gasteiger partial charge in [-0.15, -0.1) is 11.8 Å². The third kappa shape index (κ3) is 4.86. The van der Waals surface area contributed by atoms with E-state index in [2.05, 4.69) is 4.98 Å². The van der Waals surface area contributed by atoms with E-state index < -0.39 is 11.6 Å². The summed E-state index contributed by atoms with van der Waals surface area (Å²) in [6.07, 6.45) is 0. The predicted octanol–water partition coefficient (Wildman–Crippen LogP) is 6.04. The third-order valence-electron chi connectivity index (χ3n) is 4.45. The Morgan fingerprint density at radius 2 is 1.63 bits per heavy atom. The van der Waals surface area contributed by atoms with Gasteiger partial charge in [-0.05, 0) is 17.2 Å². The minimum Gasteiger partial charge on any atom is -0.283 e. The standard InChI is InChI=1S/C23H18F2N2OS2/c24-18-11-19(25)22-20(12-18)30-23(26-22)27(13-16-7-3-1-4-8-16)21(28)15-29-14-17-9-5-2-6-10-17/h1-12H,13-15H2. The van der Waals surface area contributed by atoms with Gasteiger partial charge in [0.25, 0.3) is 0 Å². The number of rotatable bonds is 7. The molecule has 3 aromatic carbocycles. The highest BCUT2D eigenvalue weighted by molar-refractivity contribution is 7.99. The lowest BCUT2D eigenvalue weighted by Gasteiger charge is -2.20. The van der Waals surface area contributed by atoms with Crippen molar-refractivity contribution < 1.29 is 13.6 Å².